The highest BCUT2D eigenvalue weighted by Crippen LogP contribution is 2.27. The molecule has 0 aliphatic rings. The quantitative estimate of drug-likeness (QED) is 0.579. The fourth-order valence-corrected chi connectivity index (χ4v) is 2.49. The van der Waals surface area contributed by atoms with E-state index in [0.717, 1.165) is 5.75 Å². The van der Waals surface area contributed by atoms with Crippen LogP contribution in [0.1, 0.15) is 23.2 Å². The summed E-state index contributed by atoms with van der Waals surface area (Å²) in [5.41, 5.74) is 0.460. The first kappa shape index (κ1) is 21.1. The van der Waals surface area contributed by atoms with Crippen molar-refractivity contribution >= 4 is 11.8 Å². The minimum atomic E-state index is -0.244. The number of hydrogen-bond acceptors (Lipinski definition) is 5. The molecule has 0 aromatic heterocycles. The topological polar surface area (TPSA) is 85.9 Å². The van der Waals surface area contributed by atoms with Gasteiger partial charge in [-0.3, -0.25) is 9.59 Å². The van der Waals surface area contributed by atoms with Gasteiger partial charge in [0.15, 0.2) is 11.5 Å². The Balaban J connectivity index is 1.61. The summed E-state index contributed by atoms with van der Waals surface area (Å²) < 4.78 is 15.9. The predicted octanol–water partition coefficient (Wildman–Crippen LogP) is 2.41. The maximum atomic E-state index is 12.2. The number of benzene rings is 2. The van der Waals surface area contributed by atoms with E-state index in [-0.39, 0.29) is 11.8 Å². The Labute approximate surface area is 165 Å². The van der Waals surface area contributed by atoms with Crippen LogP contribution in [0.2, 0.25) is 0 Å². The van der Waals surface area contributed by atoms with Crippen LogP contribution in [0.3, 0.4) is 0 Å². The number of para-hydroxylation sites is 1. The van der Waals surface area contributed by atoms with Gasteiger partial charge in [-0.05, 0) is 36.8 Å². The van der Waals surface area contributed by atoms with Crippen LogP contribution < -0.4 is 24.8 Å². The average Bonchev–Trinajstić information content (AvgIpc) is 2.74. The lowest BCUT2D eigenvalue weighted by Gasteiger charge is -2.10. The molecule has 2 amide bonds. The van der Waals surface area contributed by atoms with E-state index < -0.39 is 0 Å². The molecule has 0 aliphatic heterocycles. The molecule has 0 saturated heterocycles. The molecule has 0 unspecified atom stereocenters. The van der Waals surface area contributed by atoms with Crippen molar-refractivity contribution in [3.05, 3.63) is 54.1 Å². The second kappa shape index (κ2) is 11.5. The summed E-state index contributed by atoms with van der Waals surface area (Å²) in [5, 5.41) is 5.53. The van der Waals surface area contributed by atoms with Crippen molar-refractivity contribution in [3.8, 4) is 17.2 Å². The second-order valence-electron chi connectivity index (χ2n) is 5.94. The van der Waals surface area contributed by atoms with E-state index in [0.29, 0.717) is 49.6 Å². The summed E-state index contributed by atoms with van der Waals surface area (Å²) >= 11 is 0. The molecule has 0 spiro atoms. The van der Waals surface area contributed by atoms with Crippen molar-refractivity contribution in [2.75, 3.05) is 33.9 Å². The van der Waals surface area contributed by atoms with Gasteiger partial charge in [0.1, 0.15) is 5.75 Å². The smallest absolute Gasteiger partial charge is 0.251 e. The number of methoxy groups -OCH3 is 2. The van der Waals surface area contributed by atoms with Crippen LogP contribution in [0.5, 0.6) is 17.2 Å². The molecule has 7 nitrogen and oxygen atoms in total. The van der Waals surface area contributed by atoms with Crippen LogP contribution in [0, 0.1) is 0 Å². The normalized spacial score (nSPS) is 10.1. The van der Waals surface area contributed by atoms with Crippen molar-refractivity contribution < 1.29 is 23.8 Å². The summed E-state index contributed by atoms with van der Waals surface area (Å²) in [6.45, 7) is 1.17. The maximum Gasteiger partial charge on any atom is 0.251 e. The molecule has 28 heavy (non-hydrogen) atoms. The van der Waals surface area contributed by atoms with E-state index in [9.17, 15) is 9.59 Å². The fourth-order valence-electron chi connectivity index (χ4n) is 2.49. The van der Waals surface area contributed by atoms with E-state index >= 15 is 0 Å². The van der Waals surface area contributed by atoms with Gasteiger partial charge in [-0.15, -0.1) is 0 Å². The molecule has 0 radical (unpaired) electrons. The van der Waals surface area contributed by atoms with E-state index in [4.69, 9.17) is 14.2 Å². The third kappa shape index (κ3) is 6.83. The molecule has 0 bridgehead atoms. The molecule has 0 saturated carbocycles. The summed E-state index contributed by atoms with van der Waals surface area (Å²) in [6, 6.07) is 14.4. The third-order valence-corrected chi connectivity index (χ3v) is 3.94. The molecule has 150 valence electrons. The Morgan fingerprint density at radius 2 is 1.61 bits per heavy atom. The molecule has 0 fully saturated rings. The molecule has 2 aromatic rings. The molecule has 0 atom stereocenters. The highest BCUT2D eigenvalue weighted by molar-refractivity contribution is 5.94. The number of carbonyl (C=O) groups excluding carboxylic acids is 2. The zero-order chi connectivity index (χ0) is 20.2. The number of rotatable bonds is 11. The Morgan fingerprint density at radius 3 is 2.32 bits per heavy atom. The predicted molar refractivity (Wildman–Crippen MR) is 106 cm³/mol. The number of hydrogen-bond donors (Lipinski definition) is 2. The number of amides is 2. The first-order chi connectivity index (χ1) is 13.6. The van der Waals surface area contributed by atoms with Gasteiger partial charge < -0.3 is 24.8 Å². The molecule has 2 aromatic carbocycles. The van der Waals surface area contributed by atoms with Gasteiger partial charge in [0.25, 0.3) is 5.91 Å². The Morgan fingerprint density at radius 1 is 0.893 bits per heavy atom. The first-order valence-electron chi connectivity index (χ1n) is 9.09. The van der Waals surface area contributed by atoms with Crippen LogP contribution in [-0.2, 0) is 4.79 Å². The van der Waals surface area contributed by atoms with Crippen molar-refractivity contribution in [1.82, 2.24) is 10.6 Å². The van der Waals surface area contributed by atoms with E-state index in [1.807, 2.05) is 30.3 Å². The van der Waals surface area contributed by atoms with Gasteiger partial charge in [-0.2, -0.15) is 0 Å². The van der Waals surface area contributed by atoms with Gasteiger partial charge in [-0.1, -0.05) is 18.2 Å². The molecular weight excluding hydrogens is 360 g/mol. The Bertz CT molecular complexity index is 765. The van der Waals surface area contributed by atoms with Crippen LogP contribution in [0.15, 0.2) is 48.5 Å². The second-order valence-corrected chi connectivity index (χ2v) is 5.94. The molecule has 2 rings (SSSR count). The number of carbonyl (C=O) groups is 2. The van der Waals surface area contributed by atoms with Crippen molar-refractivity contribution in [2.45, 2.75) is 12.8 Å². The van der Waals surface area contributed by atoms with Gasteiger partial charge in [-0.25, -0.2) is 0 Å². The summed E-state index contributed by atoms with van der Waals surface area (Å²) in [7, 11) is 3.05. The Kier molecular flexibility index (Phi) is 8.65. The summed E-state index contributed by atoms with van der Waals surface area (Å²) in [4.78, 5) is 24.0. The zero-order valence-electron chi connectivity index (χ0n) is 16.2. The highest BCUT2D eigenvalue weighted by Gasteiger charge is 2.10. The first-order valence-corrected chi connectivity index (χ1v) is 9.09. The third-order valence-electron chi connectivity index (χ3n) is 3.94. The van der Waals surface area contributed by atoms with Crippen LogP contribution >= 0.6 is 0 Å². The minimum Gasteiger partial charge on any atom is -0.494 e. The van der Waals surface area contributed by atoms with Crippen molar-refractivity contribution in [1.29, 1.82) is 0 Å². The van der Waals surface area contributed by atoms with Gasteiger partial charge in [0.05, 0.1) is 20.8 Å². The molecular formula is C21H26N2O5. The SMILES string of the molecule is COc1ccc(C(=O)NCCNC(=O)CCCOc2ccccc2)cc1OC. The number of ether oxygens (including phenoxy) is 3. The molecule has 7 heteroatoms. The lowest BCUT2D eigenvalue weighted by Crippen LogP contribution is -2.34. The van der Waals surface area contributed by atoms with Crippen molar-refractivity contribution in [3.63, 3.8) is 0 Å². The zero-order valence-corrected chi connectivity index (χ0v) is 16.2. The molecule has 0 heterocycles. The summed E-state index contributed by atoms with van der Waals surface area (Å²) in [5.74, 6) is 1.52. The van der Waals surface area contributed by atoms with E-state index in [1.54, 1.807) is 18.2 Å². The van der Waals surface area contributed by atoms with E-state index in [2.05, 4.69) is 10.6 Å². The summed E-state index contributed by atoms with van der Waals surface area (Å²) in [6.07, 6.45) is 0.995. The highest BCUT2D eigenvalue weighted by atomic mass is 16.5. The van der Waals surface area contributed by atoms with Crippen LogP contribution in [0.25, 0.3) is 0 Å². The van der Waals surface area contributed by atoms with Crippen LogP contribution in [-0.4, -0.2) is 45.7 Å². The maximum absolute atomic E-state index is 12.2. The lowest BCUT2D eigenvalue weighted by molar-refractivity contribution is -0.121. The van der Waals surface area contributed by atoms with Crippen LogP contribution in [0.4, 0.5) is 0 Å². The standard InChI is InChI=1S/C21H26N2O5/c1-26-18-11-10-16(15-19(18)27-2)21(25)23-13-12-22-20(24)9-6-14-28-17-7-4-3-5-8-17/h3-5,7-8,10-11,15H,6,9,12-14H2,1-2H3,(H,22,24)(H,23,25). The van der Waals surface area contributed by atoms with Crippen molar-refractivity contribution in [2.24, 2.45) is 0 Å². The lowest BCUT2D eigenvalue weighted by atomic mass is 10.2. The fraction of sp³-hybridized carbons (Fsp3) is 0.333. The number of nitrogens with one attached hydrogen (secondary N) is 2. The largest absolute Gasteiger partial charge is 0.494 e. The minimum absolute atomic E-state index is 0.0722. The molecule has 0 aliphatic carbocycles. The van der Waals surface area contributed by atoms with Gasteiger partial charge >= 0.3 is 0 Å². The monoisotopic (exact) mass is 386 g/mol. The molecule has 2 N–H and O–H groups in total. The Hall–Kier alpha value is -3.22. The van der Waals surface area contributed by atoms with E-state index in [1.165, 1.54) is 14.2 Å². The van der Waals surface area contributed by atoms with Gasteiger partial charge in [0, 0.05) is 25.1 Å². The van der Waals surface area contributed by atoms with Gasteiger partial charge in [0.2, 0.25) is 5.91 Å². The average molecular weight is 386 g/mol.